The summed E-state index contributed by atoms with van der Waals surface area (Å²) in [5.41, 5.74) is 2.06. The van der Waals surface area contributed by atoms with E-state index in [1.165, 1.54) is 10.4 Å². The number of aryl methyl sites for hydroxylation is 2. The van der Waals surface area contributed by atoms with Crippen LogP contribution < -0.4 is 5.32 Å². The van der Waals surface area contributed by atoms with Gasteiger partial charge in [0.1, 0.15) is 16.5 Å². The van der Waals surface area contributed by atoms with E-state index in [9.17, 15) is 0 Å². The molecule has 5 heterocycles. The van der Waals surface area contributed by atoms with Gasteiger partial charge in [0, 0.05) is 35.9 Å². The Morgan fingerprint density at radius 2 is 1.90 bits per heavy atom. The molecule has 0 saturated carbocycles. The standard InChI is InChI=1S/C21H23N7O2S/c1-13-14(2)31-21-18(13)20(24-16(25-21)12-28-7-9-29-10-8-28)23-11-17-26-19(27-30-17)15-3-5-22-6-4-15/h3-6H,7-12H2,1-2H3,(H,23,24,25). The van der Waals surface area contributed by atoms with Gasteiger partial charge < -0.3 is 14.6 Å². The zero-order chi connectivity index (χ0) is 21.2. The van der Waals surface area contributed by atoms with Crippen molar-refractivity contribution in [2.24, 2.45) is 0 Å². The number of pyridine rings is 1. The van der Waals surface area contributed by atoms with Crippen molar-refractivity contribution in [3.8, 4) is 11.4 Å². The number of morpholine rings is 1. The van der Waals surface area contributed by atoms with Gasteiger partial charge in [0.15, 0.2) is 0 Å². The average molecular weight is 438 g/mol. The number of nitrogens with one attached hydrogen (secondary N) is 1. The van der Waals surface area contributed by atoms with Crippen molar-refractivity contribution in [2.75, 3.05) is 31.6 Å². The van der Waals surface area contributed by atoms with Crippen LogP contribution >= 0.6 is 11.3 Å². The van der Waals surface area contributed by atoms with Crippen molar-refractivity contribution >= 4 is 27.4 Å². The minimum atomic E-state index is 0.384. The topological polar surface area (TPSA) is 102 Å². The fourth-order valence-corrected chi connectivity index (χ4v) is 4.60. The average Bonchev–Trinajstić information content (AvgIpc) is 3.38. The zero-order valence-electron chi connectivity index (χ0n) is 17.5. The third-order valence-electron chi connectivity index (χ3n) is 5.36. The first-order chi connectivity index (χ1) is 15.2. The third kappa shape index (κ3) is 4.27. The van der Waals surface area contributed by atoms with E-state index in [-0.39, 0.29) is 0 Å². The fourth-order valence-electron chi connectivity index (χ4n) is 3.56. The third-order valence-corrected chi connectivity index (χ3v) is 6.46. The second-order valence-corrected chi connectivity index (χ2v) is 8.64. The van der Waals surface area contributed by atoms with Gasteiger partial charge in [-0.2, -0.15) is 4.98 Å². The van der Waals surface area contributed by atoms with Crippen molar-refractivity contribution in [1.29, 1.82) is 0 Å². The van der Waals surface area contributed by atoms with Crippen molar-refractivity contribution in [2.45, 2.75) is 26.9 Å². The van der Waals surface area contributed by atoms with E-state index >= 15 is 0 Å². The number of fused-ring (bicyclic) bond motifs is 1. The predicted molar refractivity (Wildman–Crippen MR) is 118 cm³/mol. The lowest BCUT2D eigenvalue weighted by Gasteiger charge is -2.25. The number of anilines is 1. The molecule has 4 aromatic rings. The molecule has 0 atom stereocenters. The second-order valence-electron chi connectivity index (χ2n) is 7.44. The van der Waals surface area contributed by atoms with Gasteiger partial charge in [0.25, 0.3) is 0 Å². The summed E-state index contributed by atoms with van der Waals surface area (Å²) in [6, 6.07) is 3.71. The van der Waals surface area contributed by atoms with Crippen molar-refractivity contribution in [3.05, 3.63) is 46.7 Å². The molecule has 160 valence electrons. The van der Waals surface area contributed by atoms with Crippen LogP contribution in [0, 0.1) is 13.8 Å². The van der Waals surface area contributed by atoms with Gasteiger partial charge in [-0.15, -0.1) is 11.3 Å². The molecule has 0 unspecified atom stereocenters. The maximum absolute atomic E-state index is 5.45. The summed E-state index contributed by atoms with van der Waals surface area (Å²) in [6.07, 6.45) is 3.41. The molecule has 5 rings (SSSR count). The summed E-state index contributed by atoms with van der Waals surface area (Å²) in [7, 11) is 0. The summed E-state index contributed by atoms with van der Waals surface area (Å²) >= 11 is 1.70. The monoisotopic (exact) mass is 437 g/mol. The minimum absolute atomic E-state index is 0.384. The normalized spacial score (nSPS) is 14.9. The first-order valence-electron chi connectivity index (χ1n) is 10.2. The predicted octanol–water partition coefficient (Wildman–Crippen LogP) is 3.20. The van der Waals surface area contributed by atoms with Crippen LogP contribution in [0.15, 0.2) is 29.0 Å². The van der Waals surface area contributed by atoms with Gasteiger partial charge in [-0.05, 0) is 31.5 Å². The molecule has 31 heavy (non-hydrogen) atoms. The van der Waals surface area contributed by atoms with Crippen molar-refractivity contribution < 1.29 is 9.26 Å². The van der Waals surface area contributed by atoms with E-state index < -0.39 is 0 Å². The lowest BCUT2D eigenvalue weighted by Crippen LogP contribution is -2.36. The van der Waals surface area contributed by atoms with Crippen LogP contribution in [0.25, 0.3) is 21.6 Å². The van der Waals surface area contributed by atoms with Crippen molar-refractivity contribution in [1.82, 2.24) is 30.0 Å². The van der Waals surface area contributed by atoms with Crippen LogP contribution in [0.5, 0.6) is 0 Å². The fraction of sp³-hybridized carbons (Fsp3) is 0.381. The lowest BCUT2D eigenvalue weighted by molar-refractivity contribution is 0.0331. The second kappa shape index (κ2) is 8.66. The molecule has 0 aromatic carbocycles. The molecular weight excluding hydrogens is 414 g/mol. The maximum Gasteiger partial charge on any atom is 0.246 e. The van der Waals surface area contributed by atoms with Crippen LogP contribution in [0.1, 0.15) is 22.2 Å². The highest BCUT2D eigenvalue weighted by Crippen LogP contribution is 2.33. The Hall–Kier alpha value is -2.95. The van der Waals surface area contributed by atoms with E-state index in [1.54, 1.807) is 23.7 Å². The Kier molecular flexibility index (Phi) is 5.58. The largest absolute Gasteiger partial charge is 0.379 e. The van der Waals surface area contributed by atoms with Gasteiger partial charge in [-0.1, -0.05) is 5.16 Å². The highest BCUT2D eigenvalue weighted by molar-refractivity contribution is 7.18. The Bertz CT molecular complexity index is 1190. The van der Waals surface area contributed by atoms with E-state index in [0.717, 1.165) is 53.7 Å². The van der Waals surface area contributed by atoms with Gasteiger partial charge in [-0.25, -0.2) is 9.97 Å². The van der Waals surface area contributed by atoms with Gasteiger partial charge >= 0.3 is 0 Å². The number of aromatic nitrogens is 5. The number of rotatable bonds is 6. The molecule has 1 aliphatic rings. The Morgan fingerprint density at radius 3 is 2.71 bits per heavy atom. The molecule has 10 heteroatoms. The van der Waals surface area contributed by atoms with E-state index in [0.29, 0.717) is 24.8 Å². The maximum atomic E-state index is 5.45. The van der Waals surface area contributed by atoms with E-state index in [1.807, 2.05) is 12.1 Å². The van der Waals surface area contributed by atoms with E-state index in [4.69, 9.17) is 19.2 Å². The highest BCUT2D eigenvalue weighted by Gasteiger charge is 2.18. The SMILES string of the molecule is Cc1sc2nc(CN3CCOCC3)nc(NCc3nc(-c4ccncc4)no3)c2c1C. The quantitative estimate of drug-likeness (QED) is 0.487. The number of hydrogen-bond acceptors (Lipinski definition) is 10. The zero-order valence-corrected chi connectivity index (χ0v) is 18.3. The van der Waals surface area contributed by atoms with Gasteiger partial charge in [-0.3, -0.25) is 9.88 Å². The number of nitrogens with zero attached hydrogens (tertiary/aromatic N) is 6. The summed E-state index contributed by atoms with van der Waals surface area (Å²) in [6.45, 7) is 8.61. The molecule has 9 nitrogen and oxygen atoms in total. The highest BCUT2D eigenvalue weighted by atomic mass is 32.1. The minimum Gasteiger partial charge on any atom is -0.379 e. The Balaban J connectivity index is 1.39. The molecule has 1 N–H and O–H groups in total. The summed E-state index contributed by atoms with van der Waals surface area (Å²) < 4.78 is 10.9. The summed E-state index contributed by atoms with van der Waals surface area (Å²) in [4.78, 5) is 22.8. The molecule has 0 radical (unpaired) electrons. The first kappa shape index (κ1) is 20.0. The lowest BCUT2D eigenvalue weighted by atomic mass is 10.2. The van der Waals surface area contributed by atoms with Crippen molar-refractivity contribution in [3.63, 3.8) is 0 Å². The Morgan fingerprint density at radius 1 is 1.10 bits per heavy atom. The van der Waals surface area contributed by atoms with Crippen LogP contribution in [0.4, 0.5) is 5.82 Å². The van der Waals surface area contributed by atoms with Crippen LogP contribution in [0.3, 0.4) is 0 Å². The first-order valence-corrected chi connectivity index (χ1v) is 11.0. The summed E-state index contributed by atoms with van der Waals surface area (Å²) in [5.74, 6) is 2.65. The number of ether oxygens (including phenoxy) is 1. The van der Waals surface area contributed by atoms with Crippen LogP contribution in [-0.4, -0.2) is 56.3 Å². The summed E-state index contributed by atoms with van der Waals surface area (Å²) in [5, 5.41) is 8.54. The molecule has 0 aliphatic carbocycles. The van der Waals surface area contributed by atoms with Crippen LogP contribution in [0.2, 0.25) is 0 Å². The number of hydrogen-bond donors (Lipinski definition) is 1. The van der Waals surface area contributed by atoms with Gasteiger partial charge in [0.2, 0.25) is 11.7 Å². The molecule has 0 amide bonds. The smallest absolute Gasteiger partial charge is 0.246 e. The molecule has 0 spiro atoms. The van der Waals surface area contributed by atoms with Crippen LogP contribution in [-0.2, 0) is 17.8 Å². The molecular formula is C21H23N7O2S. The molecule has 0 bridgehead atoms. The molecule has 4 aromatic heterocycles. The molecule has 1 aliphatic heterocycles. The molecule has 1 fully saturated rings. The van der Waals surface area contributed by atoms with E-state index in [2.05, 4.69) is 39.2 Å². The Labute approximate surface area is 183 Å². The molecule has 1 saturated heterocycles. The number of thiophene rings is 1. The van der Waals surface area contributed by atoms with Gasteiger partial charge in [0.05, 0.1) is 31.7 Å².